The molecule has 1 amide bonds. The Morgan fingerprint density at radius 2 is 1.95 bits per heavy atom. The number of methoxy groups -OCH3 is 1. The van der Waals surface area contributed by atoms with Crippen LogP contribution in [0.1, 0.15) is 26.4 Å². The standard InChI is InChI=1S/C15H13ClN2O3/c1-21-15(20)11-4-2-10(3-5-11)9-18-14(19)13-8-12(16)6-7-17-13/h2-8H,9H2,1H3,(H,18,19). The van der Waals surface area contributed by atoms with Gasteiger partial charge in [-0.3, -0.25) is 9.78 Å². The Hall–Kier alpha value is -2.40. The maximum absolute atomic E-state index is 11.9. The summed E-state index contributed by atoms with van der Waals surface area (Å²) in [4.78, 5) is 27.1. The van der Waals surface area contributed by atoms with Crippen molar-refractivity contribution in [3.05, 3.63) is 64.4 Å². The van der Waals surface area contributed by atoms with Gasteiger partial charge in [-0.25, -0.2) is 4.79 Å². The van der Waals surface area contributed by atoms with E-state index in [9.17, 15) is 9.59 Å². The molecule has 0 atom stereocenters. The molecule has 0 radical (unpaired) electrons. The molecule has 0 saturated carbocycles. The van der Waals surface area contributed by atoms with Crippen molar-refractivity contribution in [1.29, 1.82) is 0 Å². The number of ether oxygens (including phenoxy) is 1. The third-order valence-corrected chi connectivity index (χ3v) is 3.02. The molecule has 0 aliphatic heterocycles. The topological polar surface area (TPSA) is 68.3 Å². The normalized spacial score (nSPS) is 10.0. The fraction of sp³-hybridized carbons (Fsp3) is 0.133. The summed E-state index contributed by atoms with van der Waals surface area (Å²) in [6, 6.07) is 9.88. The highest BCUT2D eigenvalue weighted by atomic mass is 35.5. The number of amides is 1. The zero-order chi connectivity index (χ0) is 15.2. The number of aromatic nitrogens is 1. The highest BCUT2D eigenvalue weighted by Gasteiger charge is 2.08. The van der Waals surface area contributed by atoms with Gasteiger partial charge in [-0.05, 0) is 29.8 Å². The lowest BCUT2D eigenvalue weighted by Gasteiger charge is -2.06. The summed E-state index contributed by atoms with van der Waals surface area (Å²) in [7, 11) is 1.33. The Labute approximate surface area is 126 Å². The van der Waals surface area contributed by atoms with Gasteiger partial charge in [0.1, 0.15) is 5.69 Å². The predicted molar refractivity (Wildman–Crippen MR) is 78.2 cm³/mol. The first-order valence-corrected chi connectivity index (χ1v) is 6.55. The van der Waals surface area contributed by atoms with Crippen molar-refractivity contribution < 1.29 is 14.3 Å². The first-order valence-electron chi connectivity index (χ1n) is 6.17. The molecule has 2 rings (SSSR count). The van der Waals surface area contributed by atoms with Crippen LogP contribution in [0, 0.1) is 0 Å². The van der Waals surface area contributed by atoms with Crippen LogP contribution < -0.4 is 5.32 Å². The van der Waals surface area contributed by atoms with Crippen LogP contribution >= 0.6 is 11.6 Å². The van der Waals surface area contributed by atoms with Crippen molar-refractivity contribution in [1.82, 2.24) is 10.3 Å². The van der Waals surface area contributed by atoms with Crippen LogP contribution in [0.2, 0.25) is 5.02 Å². The number of nitrogens with zero attached hydrogens (tertiary/aromatic N) is 1. The van der Waals surface area contributed by atoms with Gasteiger partial charge in [0.25, 0.3) is 5.91 Å². The van der Waals surface area contributed by atoms with E-state index in [4.69, 9.17) is 11.6 Å². The number of halogens is 1. The van der Waals surface area contributed by atoms with E-state index in [1.165, 1.54) is 19.4 Å². The van der Waals surface area contributed by atoms with Crippen LogP contribution in [0.3, 0.4) is 0 Å². The molecule has 1 aromatic heterocycles. The second-order valence-electron chi connectivity index (χ2n) is 4.23. The van der Waals surface area contributed by atoms with Gasteiger partial charge in [0.2, 0.25) is 0 Å². The van der Waals surface area contributed by atoms with Gasteiger partial charge in [0.05, 0.1) is 12.7 Å². The first-order chi connectivity index (χ1) is 10.1. The second kappa shape index (κ2) is 6.85. The van der Waals surface area contributed by atoms with Gasteiger partial charge in [-0.1, -0.05) is 23.7 Å². The number of rotatable bonds is 4. The molecule has 0 unspecified atom stereocenters. The Kier molecular flexibility index (Phi) is 4.90. The molecule has 0 fully saturated rings. The van der Waals surface area contributed by atoms with E-state index < -0.39 is 5.97 Å². The zero-order valence-electron chi connectivity index (χ0n) is 11.3. The monoisotopic (exact) mass is 304 g/mol. The van der Waals surface area contributed by atoms with Gasteiger partial charge >= 0.3 is 5.97 Å². The molecule has 1 heterocycles. The number of esters is 1. The maximum atomic E-state index is 11.9. The number of hydrogen-bond acceptors (Lipinski definition) is 4. The molecule has 1 N–H and O–H groups in total. The minimum absolute atomic E-state index is 0.258. The quantitative estimate of drug-likeness (QED) is 0.881. The van der Waals surface area contributed by atoms with Crippen LogP contribution in [-0.4, -0.2) is 24.0 Å². The fourth-order valence-corrected chi connectivity index (χ4v) is 1.84. The fourth-order valence-electron chi connectivity index (χ4n) is 1.68. The number of carbonyl (C=O) groups excluding carboxylic acids is 2. The van der Waals surface area contributed by atoms with Crippen molar-refractivity contribution in [3.63, 3.8) is 0 Å². The predicted octanol–water partition coefficient (Wildman–Crippen LogP) is 2.45. The average molecular weight is 305 g/mol. The summed E-state index contributed by atoms with van der Waals surface area (Å²) in [5, 5.41) is 3.18. The van der Waals surface area contributed by atoms with Gasteiger partial charge in [-0.2, -0.15) is 0 Å². The molecule has 0 aliphatic carbocycles. The molecule has 0 bridgehead atoms. The molecule has 6 heteroatoms. The number of benzene rings is 1. The summed E-state index contributed by atoms with van der Waals surface area (Å²) in [6.07, 6.45) is 1.47. The molecule has 1 aromatic carbocycles. The Balaban J connectivity index is 1.97. The Bertz CT molecular complexity index is 656. The van der Waals surface area contributed by atoms with E-state index in [-0.39, 0.29) is 11.6 Å². The second-order valence-corrected chi connectivity index (χ2v) is 4.67. The number of hydrogen-bond donors (Lipinski definition) is 1. The molecule has 2 aromatic rings. The van der Waals surface area contributed by atoms with Gasteiger partial charge in [0.15, 0.2) is 0 Å². The number of pyridine rings is 1. The van der Waals surface area contributed by atoms with E-state index in [0.29, 0.717) is 17.1 Å². The van der Waals surface area contributed by atoms with Crippen molar-refractivity contribution in [2.75, 3.05) is 7.11 Å². The molecule has 0 saturated heterocycles. The van der Waals surface area contributed by atoms with Crippen LogP contribution in [0.25, 0.3) is 0 Å². The highest BCUT2D eigenvalue weighted by Crippen LogP contribution is 2.09. The SMILES string of the molecule is COC(=O)c1ccc(CNC(=O)c2cc(Cl)ccn2)cc1. The van der Waals surface area contributed by atoms with Crippen molar-refractivity contribution >= 4 is 23.5 Å². The van der Waals surface area contributed by atoms with E-state index in [0.717, 1.165) is 5.56 Å². The lowest BCUT2D eigenvalue weighted by molar-refractivity contribution is 0.0600. The van der Waals surface area contributed by atoms with Crippen molar-refractivity contribution in [2.45, 2.75) is 6.54 Å². The van der Waals surface area contributed by atoms with E-state index >= 15 is 0 Å². The number of nitrogens with one attached hydrogen (secondary N) is 1. The van der Waals surface area contributed by atoms with Crippen LogP contribution in [-0.2, 0) is 11.3 Å². The molecule has 0 spiro atoms. The third kappa shape index (κ3) is 4.03. The van der Waals surface area contributed by atoms with Crippen LogP contribution in [0.4, 0.5) is 0 Å². The minimum Gasteiger partial charge on any atom is -0.465 e. The van der Waals surface area contributed by atoms with E-state index in [2.05, 4.69) is 15.0 Å². The Morgan fingerprint density at radius 3 is 2.57 bits per heavy atom. The smallest absolute Gasteiger partial charge is 0.337 e. The first kappa shape index (κ1) is 15.0. The summed E-state index contributed by atoms with van der Waals surface area (Å²) < 4.78 is 4.61. The van der Waals surface area contributed by atoms with E-state index in [1.807, 2.05) is 0 Å². The van der Waals surface area contributed by atoms with Crippen molar-refractivity contribution in [2.24, 2.45) is 0 Å². The minimum atomic E-state index is -0.395. The summed E-state index contributed by atoms with van der Waals surface area (Å²) in [6.45, 7) is 0.328. The lowest BCUT2D eigenvalue weighted by atomic mass is 10.1. The molecule has 21 heavy (non-hydrogen) atoms. The Morgan fingerprint density at radius 1 is 1.24 bits per heavy atom. The molecule has 0 aliphatic rings. The maximum Gasteiger partial charge on any atom is 0.337 e. The van der Waals surface area contributed by atoms with Gasteiger partial charge in [-0.15, -0.1) is 0 Å². The highest BCUT2D eigenvalue weighted by molar-refractivity contribution is 6.30. The van der Waals surface area contributed by atoms with Gasteiger partial charge < -0.3 is 10.1 Å². The lowest BCUT2D eigenvalue weighted by Crippen LogP contribution is -2.23. The third-order valence-electron chi connectivity index (χ3n) is 2.78. The zero-order valence-corrected chi connectivity index (χ0v) is 12.1. The summed E-state index contributed by atoms with van der Waals surface area (Å²) in [5.41, 5.74) is 1.58. The van der Waals surface area contributed by atoms with Crippen LogP contribution in [0.15, 0.2) is 42.6 Å². The molecule has 5 nitrogen and oxygen atoms in total. The number of carbonyl (C=O) groups is 2. The van der Waals surface area contributed by atoms with E-state index in [1.54, 1.807) is 30.3 Å². The molecular weight excluding hydrogens is 292 g/mol. The summed E-state index contributed by atoms with van der Waals surface area (Å²) in [5.74, 6) is -0.705. The largest absolute Gasteiger partial charge is 0.465 e. The van der Waals surface area contributed by atoms with Gasteiger partial charge in [0, 0.05) is 17.8 Å². The molecular formula is C15H13ClN2O3. The van der Waals surface area contributed by atoms with Crippen LogP contribution in [0.5, 0.6) is 0 Å². The summed E-state index contributed by atoms with van der Waals surface area (Å²) >= 11 is 5.80. The molecule has 108 valence electrons. The van der Waals surface area contributed by atoms with Crippen molar-refractivity contribution in [3.8, 4) is 0 Å². The average Bonchev–Trinajstić information content (AvgIpc) is 2.52.